The van der Waals surface area contributed by atoms with E-state index in [2.05, 4.69) is 33.1 Å². The molecule has 0 aliphatic rings. The molecular weight excluding hydrogens is 352 g/mol. The van der Waals surface area contributed by atoms with Gasteiger partial charge in [0.15, 0.2) is 5.82 Å². The molecule has 134 valence electrons. The maximum absolute atomic E-state index is 12.6. The largest absolute Gasteiger partial charge is 0.377 e. The summed E-state index contributed by atoms with van der Waals surface area (Å²) in [6.45, 7) is 3.25. The Morgan fingerprint density at radius 2 is 1.92 bits per heavy atom. The van der Waals surface area contributed by atoms with Crippen LogP contribution < -0.4 is 10.6 Å². The Balaban J connectivity index is 1.72. The summed E-state index contributed by atoms with van der Waals surface area (Å²) in [5.41, 5.74) is 1.93. The second-order valence-electron chi connectivity index (χ2n) is 5.68. The summed E-state index contributed by atoms with van der Waals surface area (Å²) in [5.74, 6) is 0.517. The van der Waals surface area contributed by atoms with Gasteiger partial charge in [-0.15, -0.1) is 5.10 Å². The van der Waals surface area contributed by atoms with Gasteiger partial charge in [-0.25, -0.2) is 4.68 Å². The minimum absolute atomic E-state index is 0.205. The molecule has 8 heteroatoms. The van der Waals surface area contributed by atoms with Gasteiger partial charge >= 0.3 is 0 Å². The first-order valence-corrected chi connectivity index (χ1v) is 8.70. The molecule has 1 heterocycles. The number of rotatable bonds is 7. The summed E-state index contributed by atoms with van der Waals surface area (Å²) in [6, 6.07) is 14.3. The van der Waals surface area contributed by atoms with Crippen molar-refractivity contribution in [2.24, 2.45) is 0 Å². The Bertz CT molecular complexity index is 877. The van der Waals surface area contributed by atoms with E-state index in [0.29, 0.717) is 28.5 Å². The van der Waals surface area contributed by atoms with Crippen molar-refractivity contribution < 1.29 is 4.79 Å². The molecule has 0 spiro atoms. The van der Waals surface area contributed by atoms with Crippen LogP contribution in [0.2, 0.25) is 5.02 Å². The van der Waals surface area contributed by atoms with Crippen LogP contribution in [0.15, 0.2) is 48.5 Å². The molecule has 1 amide bonds. The third kappa shape index (κ3) is 4.37. The van der Waals surface area contributed by atoms with Gasteiger partial charge in [-0.3, -0.25) is 4.79 Å². The van der Waals surface area contributed by atoms with Crippen molar-refractivity contribution in [2.75, 3.05) is 10.6 Å². The maximum Gasteiger partial charge on any atom is 0.257 e. The Hall–Kier alpha value is -2.93. The average molecular weight is 371 g/mol. The number of carbonyl (C=O) groups is 1. The molecule has 1 aromatic heterocycles. The standard InChI is InChI=1S/C18H19ClN6O/c1-2-11-25-17(22-23-24-25)12-20-16-6-4-3-5-15(16)18(26)21-14-9-7-13(19)8-10-14/h3-10,20H,2,11-12H2,1H3,(H,21,26). The first-order chi connectivity index (χ1) is 12.7. The first-order valence-electron chi connectivity index (χ1n) is 8.32. The fourth-order valence-corrected chi connectivity index (χ4v) is 2.60. The SMILES string of the molecule is CCCn1nnnc1CNc1ccccc1C(=O)Nc1ccc(Cl)cc1. The van der Waals surface area contributed by atoms with Crippen LogP contribution >= 0.6 is 11.6 Å². The van der Waals surface area contributed by atoms with Gasteiger partial charge in [-0.05, 0) is 53.2 Å². The lowest BCUT2D eigenvalue weighted by Gasteiger charge is -2.12. The highest BCUT2D eigenvalue weighted by Crippen LogP contribution is 2.19. The predicted molar refractivity (Wildman–Crippen MR) is 101 cm³/mol. The second kappa shape index (κ2) is 8.44. The zero-order valence-corrected chi connectivity index (χ0v) is 15.1. The van der Waals surface area contributed by atoms with Crippen LogP contribution in [0.1, 0.15) is 29.5 Å². The summed E-state index contributed by atoms with van der Waals surface area (Å²) in [5, 5.41) is 18.4. The lowest BCUT2D eigenvalue weighted by molar-refractivity contribution is 0.102. The number of benzene rings is 2. The zero-order valence-electron chi connectivity index (χ0n) is 14.3. The van der Waals surface area contributed by atoms with E-state index in [1.165, 1.54) is 0 Å². The number of hydrogen-bond acceptors (Lipinski definition) is 5. The van der Waals surface area contributed by atoms with Crippen molar-refractivity contribution in [3.05, 3.63) is 64.9 Å². The monoisotopic (exact) mass is 370 g/mol. The highest BCUT2D eigenvalue weighted by Gasteiger charge is 2.12. The van der Waals surface area contributed by atoms with Gasteiger partial charge in [0.05, 0.1) is 12.1 Å². The highest BCUT2D eigenvalue weighted by atomic mass is 35.5. The molecule has 0 saturated carbocycles. The number of carbonyl (C=O) groups excluding carboxylic acids is 1. The number of hydrogen-bond donors (Lipinski definition) is 2. The summed E-state index contributed by atoms with van der Waals surface area (Å²) >= 11 is 5.87. The van der Waals surface area contributed by atoms with Gasteiger partial charge in [-0.1, -0.05) is 30.7 Å². The second-order valence-corrected chi connectivity index (χ2v) is 6.11. The molecule has 7 nitrogen and oxygen atoms in total. The van der Waals surface area contributed by atoms with Crippen molar-refractivity contribution in [1.82, 2.24) is 20.2 Å². The molecule has 0 bridgehead atoms. The van der Waals surface area contributed by atoms with E-state index in [0.717, 1.165) is 18.8 Å². The summed E-state index contributed by atoms with van der Waals surface area (Å²) in [7, 11) is 0. The summed E-state index contributed by atoms with van der Waals surface area (Å²) in [6.07, 6.45) is 0.943. The number of aryl methyl sites for hydroxylation is 1. The fourth-order valence-electron chi connectivity index (χ4n) is 2.48. The van der Waals surface area contributed by atoms with Gasteiger partial charge in [0.2, 0.25) is 0 Å². The average Bonchev–Trinajstić information content (AvgIpc) is 3.09. The smallest absolute Gasteiger partial charge is 0.257 e. The van der Waals surface area contributed by atoms with Crippen LogP contribution in [0, 0.1) is 0 Å². The van der Waals surface area contributed by atoms with Crippen LogP contribution in [0.25, 0.3) is 0 Å². The van der Waals surface area contributed by atoms with Crippen LogP contribution in [0.5, 0.6) is 0 Å². The minimum Gasteiger partial charge on any atom is -0.377 e. The lowest BCUT2D eigenvalue weighted by Crippen LogP contribution is -2.16. The van der Waals surface area contributed by atoms with Crippen LogP contribution in [0.4, 0.5) is 11.4 Å². The molecule has 0 fully saturated rings. The number of halogens is 1. The van der Waals surface area contributed by atoms with Gasteiger partial charge in [-0.2, -0.15) is 0 Å². The predicted octanol–water partition coefficient (Wildman–Crippen LogP) is 3.60. The molecule has 26 heavy (non-hydrogen) atoms. The molecule has 2 N–H and O–H groups in total. The van der Waals surface area contributed by atoms with Gasteiger partial charge < -0.3 is 10.6 Å². The molecule has 0 radical (unpaired) electrons. The third-order valence-corrected chi connectivity index (χ3v) is 4.00. The lowest BCUT2D eigenvalue weighted by atomic mass is 10.1. The normalized spacial score (nSPS) is 10.5. The Labute approximate surface area is 156 Å². The van der Waals surface area contributed by atoms with Crippen molar-refractivity contribution in [1.29, 1.82) is 0 Å². The molecule has 2 aromatic carbocycles. The molecule has 3 aromatic rings. The van der Waals surface area contributed by atoms with E-state index in [1.54, 1.807) is 35.0 Å². The van der Waals surface area contributed by atoms with E-state index in [-0.39, 0.29) is 5.91 Å². The topological polar surface area (TPSA) is 84.7 Å². The third-order valence-electron chi connectivity index (χ3n) is 3.75. The Morgan fingerprint density at radius 1 is 1.15 bits per heavy atom. The summed E-state index contributed by atoms with van der Waals surface area (Å²) < 4.78 is 1.75. The van der Waals surface area contributed by atoms with E-state index in [4.69, 9.17) is 11.6 Å². The Morgan fingerprint density at radius 3 is 2.69 bits per heavy atom. The number of aromatic nitrogens is 4. The van der Waals surface area contributed by atoms with E-state index >= 15 is 0 Å². The first kappa shape index (κ1) is 17.9. The summed E-state index contributed by atoms with van der Waals surface area (Å²) in [4.78, 5) is 12.6. The Kier molecular flexibility index (Phi) is 5.80. The molecule has 0 unspecified atom stereocenters. The number of nitrogens with one attached hydrogen (secondary N) is 2. The van der Waals surface area contributed by atoms with Crippen molar-refractivity contribution in [3.63, 3.8) is 0 Å². The van der Waals surface area contributed by atoms with Crippen LogP contribution in [-0.2, 0) is 13.1 Å². The van der Waals surface area contributed by atoms with Crippen molar-refractivity contribution in [3.8, 4) is 0 Å². The van der Waals surface area contributed by atoms with Gasteiger partial charge in [0.25, 0.3) is 5.91 Å². The maximum atomic E-state index is 12.6. The van der Waals surface area contributed by atoms with Crippen LogP contribution in [-0.4, -0.2) is 26.1 Å². The van der Waals surface area contributed by atoms with Crippen molar-refractivity contribution in [2.45, 2.75) is 26.4 Å². The van der Waals surface area contributed by atoms with E-state index in [9.17, 15) is 4.79 Å². The van der Waals surface area contributed by atoms with Crippen molar-refractivity contribution >= 4 is 28.9 Å². The van der Waals surface area contributed by atoms with Gasteiger partial charge in [0, 0.05) is 22.9 Å². The molecule has 3 rings (SSSR count). The highest BCUT2D eigenvalue weighted by molar-refractivity contribution is 6.30. The van der Waals surface area contributed by atoms with E-state index < -0.39 is 0 Å². The number of tetrazole rings is 1. The van der Waals surface area contributed by atoms with Gasteiger partial charge in [0.1, 0.15) is 0 Å². The number of nitrogens with zero attached hydrogens (tertiary/aromatic N) is 4. The fraction of sp³-hybridized carbons (Fsp3) is 0.222. The van der Waals surface area contributed by atoms with Crippen LogP contribution in [0.3, 0.4) is 0 Å². The van der Waals surface area contributed by atoms with E-state index in [1.807, 2.05) is 18.2 Å². The molecule has 0 atom stereocenters. The number of anilines is 2. The molecular formula is C18H19ClN6O. The molecule has 0 saturated heterocycles. The number of amides is 1. The zero-order chi connectivity index (χ0) is 18.4. The molecule has 0 aliphatic carbocycles. The minimum atomic E-state index is -0.205. The quantitative estimate of drug-likeness (QED) is 0.663. The number of para-hydroxylation sites is 1. The molecule has 0 aliphatic heterocycles.